The molecular weight excluding hydrogens is 318 g/mol. The van der Waals surface area contributed by atoms with Crippen LogP contribution in [0.3, 0.4) is 0 Å². The number of fused-ring (bicyclic) bond motifs is 2. The van der Waals surface area contributed by atoms with Gasteiger partial charge in [-0.2, -0.15) is 0 Å². The Morgan fingerprint density at radius 1 is 1.12 bits per heavy atom. The van der Waals surface area contributed by atoms with Gasteiger partial charge in [0.15, 0.2) is 17.0 Å². The van der Waals surface area contributed by atoms with Gasteiger partial charge in [-0.15, -0.1) is 0 Å². The lowest BCUT2D eigenvalue weighted by Gasteiger charge is -2.14. The third kappa shape index (κ3) is 2.24. The molecule has 0 radical (unpaired) electrons. The van der Waals surface area contributed by atoms with Crippen LogP contribution in [0.25, 0.3) is 27.9 Å². The maximum atomic E-state index is 9.29. The Kier molecular flexibility index (Phi) is 3.29. The van der Waals surface area contributed by atoms with E-state index in [1.165, 1.54) is 0 Å². The van der Waals surface area contributed by atoms with Crippen LogP contribution in [-0.2, 0) is 4.74 Å². The number of nitrogens with zero attached hydrogens (tertiary/aromatic N) is 5. The van der Waals surface area contributed by atoms with Crippen LogP contribution in [0.4, 0.5) is 0 Å². The molecule has 1 aliphatic rings. The molecule has 0 amide bonds. The zero-order valence-corrected chi connectivity index (χ0v) is 13.5. The minimum Gasteiger partial charge on any atom is -0.394 e. The van der Waals surface area contributed by atoms with Gasteiger partial charge in [-0.3, -0.25) is 9.13 Å². The highest BCUT2D eigenvalue weighted by atomic mass is 16.5. The van der Waals surface area contributed by atoms with Gasteiger partial charge < -0.3 is 9.84 Å². The van der Waals surface area contributed by atoms with Gasteiger partial charge in [-0.05, 0) is 30.4 Å². The first kappa shape index (κ1) is 14.6. The lowest BCUT2D eigenvalue weighted by Crippen LogP contribution is -2.14. The number of benzene rings is 1. The number of imidazole rings is 1. The normalized spacial score (nSPS) is 20.7. The summed E-state index contributed by atoms with van der Waals surface area (Å²) in [4.78, 5) is 13.4. The van der Waals surface area contributed by atoms with Crippen molar-refractivity contribution in [3.8, 4) is 5.82 Å². The van der Waals surface area contributed by atoms with Crippen molar-refractivity contribution in [3.05, 3.63) is 49.2 Å². The van der Waals surface area contributed by atoms with E-state index in [1.807, 2.05) is 27.5 Å². The van der Waals surface area contributed by atoms with Crippen molar-refractivity contribution in [2.45, 2.75) is 25.2 Å². The number of hydrogen-bond donors (Lipinski definition) is 1. The Hall–Kier alpha value is -2.77. The summed E-state index contributed by atoms with van der Waals surface area (Å²) in [6, 6.07) is 10.2. The second-order valence-corrected chi connectivity index (χ2v) is 6.24. The Morgan fingerprint density at radius 2 is 2.04 bits per heavy atom. The first-order chi connectivity index (χ1) is 12.3. The third-order valence-corrected chi connectivity index (χ3v) is 4.77. The quantitative estimate of drug-likeness (QED) is 0.622. The fraction of sp³-hybridized carbons (Fsp3) is 0.278. The van der Waals surface area contributed by atoms with Crippen LogP contribution in [0.5, 0.6) is 0 Å². The fourth-order valence-corrected chi connectivity index (χ4v) is 3.52. The van der Waals surface area contributed by atoms with Crippen molar-refractivity contribution in [3.63, 3.8) is 0 Å². The summed E-state index contributed by atoms with van der Waals surface area (Å²) in [5.41, 5.74) is 2.56. The van der Waals surface area contributed by atoms with Crippen molar-refractivity contribution in [1.82, 2.24) is 24.1 Å². The van der Waals surface area contributed by atoms with Crippen molar-refractivity contribution in [2.75, 3.05) is 6.61 Å². The smallest absolute Gasteiger partial charge is 0.168 e. The predicted molar refractivity (Wildman–Crippen MR) is 92.4 cm³/mol. The maximum absolute atomic E-state index is 9.29. The highest BCUT2D eigenvalue weighted by Gasteiger charge is 2.28. The summed E-state index contributed by atoms with van der Waals surface area (Å²) in [6.07, 6.45) is 6.72. The van der Waals surface area contributed by atoms with Crippen LogP contribution >= 0.6 is 0 Å². The molecule has 0 spiro atoms. The summed E-state index contributed by atoms with van der Waals surface area (Å²) in [5.74, 6) is 0.752. The zero-order valence-electron chi connectivity index (χ0n) is 13.5. The van der Waals surface area contributed by atoms with Gasteiger partial charge in [0.2, 0.25) is 0 Å². The fourth-order valence-electron chi connectivity index (χ4n) is 3.52. The van der Waals surface area contributed by atoms with E-state index in [4.69, 9.17) is 4.74 Å². The van der Waals surface area contributed by atoms with Gasteiger partial charge in [0, 0.05) is 6.20 Å². The molecule has 0 saturated carbocycles. The standard InChI is InChI=1S/C18H17N5O2/c24-9-13-5-6-15(25-13)23-11-21-16-17(19-10-20-18(16)23)22-8-7-12-3-1-2-4-14(12)22/h1-4,7-8,10-11,13,15,24H,5-6,9H2. The van der Waals surface area contributed by atoms with E-state index >= 15 is 0 Å². The number of ether oxygens (including phenoxy) is 1. The molecule has 4 aromatic rings. The molecule has 1 aromatic carbocycles. The molecule has 25 heavy (non-hydrogen) atoms. The Bertz CT molecular complexity index is 1050. The van der Waals surface area contributed by atoms with Crippen LogP contribution < -0.4 is 0 Å². The maximum Gasteiger partial charge on any atom is 0.168 e. The largest absolute Gasteiger partial charge is 0.394 e. The molecule has 7 nitrogen and oxygen atoms in total. The van der Waals surface area contributed by atoms with Gasteiger partial charge in [0.25, 0.3) is 0 Å². The number of aliphatic hydroxyl groups excluding tert-OH is 1. The van der Waals surface area contributed by atoms with E-state index in [0.29, 0.717) is 0 Å². The second-order valence-electron chi connectivity index (χ2n) is 6.24. The van der Waals surface area contributed by atoms with Crippen LogP contribution in [0.2, 0.25) is 0 Å². The molecule has 2 unspecified atom stereocenters. The molecule has 4 heterocycles. The van der Waals surface area contributed by atoms with Crippen molar-refractivity contribution < 1.29 is 9.84 Å². The molecule has 2 atom stereocenters. The van der Waals surface area contributed by atoms with E-state index in [9.17, 15) is 5.11 Å². The number of aromatic nitrogens is 5. The molecular formula is C18H17N5O2. The minimum atomic E-state index is -0.147. The first-order valence-electron chi connectivity index (χ1n) is 8.35. The molecule has 1 fully saturated rings. The average molecular weight is 335 g/mol. The van der Waals surface area contributed by atoms with E-state index < -0.39 is 0 Å². The predicted octanol–water partition coefficient (Wildman–Crippen LogP) is 2.44. The second kappa shape index (κ2) is 5.65. The minimum absolute atomic E-state index is 0.0404. The summed E-state index contributed by atoms with van der Waals surface area (Å²) in [6.45, 7) is 0.0404. The molecule has 3 aromatic heterocycles. The monoisotopic (exact) mass is 335 g/mol. The van der Waals surface area contributed by atoms with E-state index in [0.717, 1.165) is 40.7 Å². The van der Waals surface area contributed by atoms with Gasteiger partial charge in [0.1, 0.15) is 12.6 Å². The highest BCUT2D eigenvalue weighted by Crippen LogP contribution is 2.31. The van der Waals surface area contributed by atoms with Crippen molar-refractivity contribution in [1.29, 1.82) is 0 Å². The third-order valence-electron chi connectivity index (χ3n) is 4.77. The molecule has 1 N–H and O–H groups in total. The molecule has 1 saturated heterocycles. The molecule has 126 valence electrons. The molecule has 0 aliphatic carbocycles. The summed E-state index contributed by atoms with van der Waals surface area (Å²) in [5, 5.41) is 10.4. The molecule has 7 heteroatoms. The lowest BCUT2D eigenvalue weighted by molar-refractivity contribution is -0.0207. The van der Waals surface area contributed by atoms with Crippen LogP contribution in [0.15, 0.2) is 49.2 Å². The summed E-state index contributed by atoms with van der Waals surface area (Å²) < 4.78 is 9.83. The number of hydrogen-bond acceptors (Lipinski definition) is 5. The number of rotatable bonds is 3. The lowest BCUT2D eigenvalue weighted by atomic mass is 10.2. The van der Waals surface area contributed by atoms with Crippen molar-refractivity contribution in [2.24, 2.45) is 0 Å². The van der Waals surface area contributed by atoms with E-state index in [1.54, 1.807) is 12.7 Å². The SMILES string of the molecule is OCC1CCC(n2cnc3c(-n4ccc5ccccc54)ncnc32)O1. The van der Waals surface area contributed by atoms with E-state index in [-0.39, 0.29) is 18.9 Å². The molecule has 5 rings (SSSR count). The molecule has 1 aliphatic heterocycles. The van der Waals surface area contributed by atoms with Crippen LogP contribution in [0, 0.1) is 0 Å². The van der Waals surface area contributed by atoms with E-state index in [2.05, 4.69) is 33.2 Å². The Labute approximate surface area is 143 Å². The summed E-state index contributed by atoms with van der Waals surface area (Å²) in [7, 11) is 0. The number of aliphatic hydroxyl groups is 1. The Morgan fingerprint density at radius 3 is 2.92 bits per heavy atom. The van der Waals surface area contributed by atoms with Gasteiger partial charge in [-0.1, -0.05) is 18.2 Å². The zero-order chi connectivity index (χ0) is 16.8. The highest BCUT2D eigenvalue weighted by molar-refractivity contribution is 5.86. The van der Waals surface area contributed by atoms with Gasteiger partial charge >= 0.3 is 0 Å². The van der Waals surface area contributed by atoms with Crippen LogP contribution in [0.1, 0.15) is 19.1 Å². The summed E-state index contributed by atoms with van der Waals surface area (Å²) >= 11 is 0. The molecule has 0 bridgehead atoms. The van der Waals surface area contributed by atoms with Gasteiger partial charge in [0.05, 0.1) is 24.6 Å². The van der Waals surface area contributed by atoms with Gasteiger partial charge in [-0.25, -0.2) is 15.0 Å². The topological polar surface area (TPSA) is 78.0 Å². The number of para-hydroxylation sites is 1. The average Bonchev–Trinajstić information content (AvgIpc) is 3.38. The van der Waals surface area contributed by atoms with Crippen molar-refractivity contribution >= 4 is 22.1 Å². The first-order valence-corrected chi connectivity index (χ1v) is 8.35. The Balaban J connectivity index is 1.64. The van der Waals surface area contributed by atoms with Crippen LogP contribution in [-0.4, -0.2) is 41.9 Å².